The van der Waals surface area contributed by atoms with Gasteiger partial charge < -0.3 is 15.5 Å². The molecule has 2 aromatic carbocycles. The number of hydrogen-bond acceptors (Lipinski definition) is 4. The van der Waals surface area contributed by atoms with E-state index in [1.165, 1.54) is 11.3 Å². The first-order valence-corrected chi connectivity index (χ1v) is 12.0. The Morgan fingerprint density at radius 3 is 2.42 bits per heavy atom. The SMILES string of the molecule is C[C@H](Cc1ccccn1)NC1CCN(c2ccc(NC(=O)CCc3ccccc3)cc2)CC1. The molecule has 172 valence electrons. The molecule has 3 aromatic rings. The summed E-state index contributed by atoms with van der Waals surface area (Å²) in [6, 6.07) is 25.4. The van der Waals surface area contributed by atoms with Gasteiger partial charge in [0.25, 0.3) is 0 Å². The van der Waals surface area contributed by atoms with Crippen molar-refractivity contribution >= 4 is 17.3 Å². The zero-order chi connectivity index (χ0) is 22.9. The maximum absolute atomic E-state index is 12.3. The Hall–Kier alpha value is -3.18. The molecule has 5 heteroatoms. The lowest BCUT2D eigenvalue weighted by molar-refractivity contribution is -0.116. The number of carbonyl (C=O) groups excluding carboxylic acids is 1. The van der Waals surface area contributed by atoms with Crippen molar-refractivity contribution in [1.82, 2.24) is 10.3 Å². The van der Waals surface area contributed by atoms with Crippen LogP contribution in [-0.4, -0.2) is 36.1 Å². The molecule has 1 aliphatic heterocycles. The van der Waals surface area contributed by atoms with Crippen LogP contribution >= 0.6 is 0 Å². The van der Waals surface area contributed by atoms with E-state index in [0.717, 1.165) is 50.2 Å². The Labute approximate surface area is 197 Å². The molecule has 5 nitrogen and oxygen atoms in total. The zero-order valence-corrected chi connectivity index (χ0v) is 19.4. The zero-order valence-electron chi connectivity index (χ0n) is 19.4. The number of nitrogens with zero attached hydrogens (tertiary/aromatic N) is 2. The van der Waals surface area contributed by atoms with Crippen LogP contribution in [-0.2, 0) is 17.6 Å². The Morgan fingerprint density at radius 1 is 1.00 bits per heavy atom. The highest BCUT2D eigenvalue weighted by Crippen LogP contribution is 2.22. The van der Waals surface area contributed by atoms with E-state index in [-0.39, 0.29) is 5.91 Å². The van der Waals surface area contributed by atoms with E-state index in [1.54, 1.807) is 0 Å². The number of hydrogen-bond donors (Lipinski definition) is 2. The highest BCUT2D eigenvalue weighted by atomic mass is 16.1. The summed E-state index contributed by atoms with van der Waals surface area (Å²) in [6.45, 7) is 4.32. The predicted molar refractivity (Wildman–Crippen MR) is 136 cm³/mol. The average molecular weight is 443 g/mol. The smallest absolute Gasteiger partial charge is 0.224 e. The van der Waals surface area contributed by atoms with Crippen molar-refractivity contribution in [3.63, 3.8) is 0 Å². The van der Waals surface area contributed by atoms with E-state index in [0.29, 0.717) is 18.5 Å². The normalized spacial score (nSPS) is 15.2. The third-order valence-corrected chi connectivity index (χ3v) is 6.26. The topological polar surface area (TPSA) is 57.3 Å². The fraction of sp³-hybridized carbons (Fsp3) is 0.357. The first-order valence-electron chi connectivity index (χ1n) is 12.0. The van der Waals surface area contributed by atoms with Gasteiger partial charge in [0.05, 0.1) is 0 Å². The minimum absolute atomic E-state index is 0.0540. The number of aromatic nitrogens is 1. The number of amides is 1. The quantitative estimate of drug-likeness (QED) is 0.498. The number of anilines is 2. The third-order valence-electron chi connectivity index (χ3n) is 6.26. The Morgan fingerprint density at radius 2 is 1.73 bits per heavy atom. The highest BCUT2D eigenvalue weighted by Gasteiger charge is 2.21. The van der Waals surface area contributed by atoms with Crippen molar-refractivity contribution in [1.29, 1.82) is 0 Å². The predicted octanol–water partition coefficient (Wildman–Crippen LogP) is 4.84. The van der Waals surface area contributed by atoms with Gasteiger partial charge in [-0.05, 0) is 68.1 Å². The van der Waals surface area contributed by atoms with Gasteiger partial charge in [-0.3, -0.25) is 9.78 Å². The van der Waals surface area contributed by atoms with Crippen LogP contribution in [0.25, 0.3) is 0 Å². The summed E-state index contributed by atoms with van der Waals surface area (Å²) in [5.41, 5.74) is 4.41. The largest absolute Gasteiger partial charge is 0.371 e. The molecule has 2 heterocycles. The lowest BCUT2D eigenvalue weighted by Gasteiger charge is -2.35. The minimum atomic E-state index is 0.0540. The number of piperidine rings is 1. The van der Waals surface area contributed by atoms with Crippen LogP contribution in [0.3, 0.4) is 0 Å². The molecule has 2 N–H and O–H groups in total. The molecule has 0 saturated carbocycles. The molecule has 33 heavy (non-hydrogen) atoms. The fourth-order valence-corrected chi connectivity index (χ4v) is 4.48. The van der Waals surface area contributed by atoms with Crippen molar-refractivity contribution in [2.45, 2.75) is 51.1 Å². The molecule has 0 aliphatic carbocycles. The maximum Gasteiger partial charge on any atom is 0.224 e. The summed E-state index contributed by atoms with van der Waals surface area (Å²) in [7, 11) is 0. The lowest BCUT2D eigenvalue weighted by atomic mass is 10.0. The van der Waals surface area contributed by atoms with E-state index in [2.05, 4.69) is 63.8 Å². The van der Waals surface area contributed by atoms with E-state index in [4.69, 9.17) is 0 Å². The molecular weight excluding hydrogens is 408 g/mol. The number of rotatable bonds is 9. The summed E-state index contributed by atoms with van der Waals surface area (Å²) >= 11 is 0. The number of benzene rings is 2. The average Bonchev–Trinajstić information content (AvgIpc) is 2.85. The van der Waals surface area contributed by atoms with Gasteiger partial charge in [0, 0.05) is 61.3 Å². The number of nitrogens with one attached hydrogen (secondary N) is 2. The van der Waals surface area contributed by atoms with Crippen molar-refractivity contribution < 1.29 is 4.79 Å². The number of aryl methyl sites for hydroxylation is 1. The number of pyridine rings is 1. The van der Waals surface area contributed by atoms with E-state index >= 15 is 0 Å². The van der Waals surface area contributed by atoms with Crippen LogP contribution in [0.4, 0.5) is 11.4 Å². The second-order valence-electron chi connectivity index (χ2n) is 8.93. The minimum Gasteiger partial charge on any atom is -0.371 e. The molecule has 0 unspecified atom stereocenters. The Bertz CT molecular complexity index is 983. The summed E-state index contributed by atoms with van der Waals surface area (Å²) in [6.07, 6.45) is 6.33. The molecule has 0 spiro atoms. The molecule has 4 rings (SSSR count). The van der Waals surface area contributed by atoms with Crippen LogP contribution in [0.5, 0.6) is 0 Å². The molecule has 1 atom stereocenters. The van der Waals surface area contributed by atoms with Crippen LogP contribution < -0.4 is 15.5 Å². The first kappa shape index (κ1) is 23.0. The number of carbonyl (C=O) groups is 1. The van der Waals surface area contributed by atoms with E-state index in [9.17, 15) is 4.79 Å². The standard InChI is InChI=1S/C28H34N4O/c1-22(21-26-9-5-6-18-29-26)30-25-16-19-32(20-17-25)27-13-11-24(12-14-27)31-28(33)15-10-23-7-3-2-4-8-23/h2-9,11-14,18,22,25,30H,10,15-17,19-21H2,1H3,(H,31,33)/t22-/m1/s1. The molecule has 1 fully saturated rings. The van der Waals surface area contributed by atoms with Crippen LogP contribution in [0.1, 0.15) is 37.4 Å². The van der Waals surface area contributed by atoms with Gasteiger partial charge in [-0.1, -0.05) is 36.4 Å². The van der Waals surface area contributed by atoms with Crippen LogP contribution in [0.15, 0.2) is 79.0 Å². The lowest BCUT2D eigenvalue weighted by Crippen LogP contribution is -2.46. The van der Waals surface area contributed by atoms with Gasteiger partial charge in [-0.2, -0.15) is 0 Å². The van der Waals surface area contributed by atoms with E-state index < -0.39 is 0 Å². The summed E-state index contributed by atoms with van der Waals surface area (Å²) in [4.78, 5) is 19.2. The first-order chi connectivity index (χ1) is 16.2. The van der Waals surface area contributed by atoms with Gasteiger partial charge >= 0.3 is 0 Å². The van der Waals surface area contributed by atoms with Crippen molar-refractivity contribution in [2.75, 3.05) is 23.3 Å². The second-order valence-corrected chi connectivity index (χ2v) is 8.93. The molecule has 0 radical (unpaired) electrons. The molecule has 1 saturated heterocycles. The summed E-state index contributed by atoms with van der Waals surface area (Å²) in [5, 5.41) is 6.80. The highest BCUT2D eigenvalue weighted by molar-refractivity contribution is 5.91. The van der Waals surface area contributed by atoms with Crippen molar-refractivity contribution in [3.8, 4) is 0 Å². The summed E-state index contributed by atoms with van der Waals surface area (Å²) in [5.74, 6) is 0.0540. The molecule has 1 aliphatic rings. The van der Waals surface area contributed by atoms with Gasteiger partial charge in [-0.15, -0.1) is 0 Å². The monoisotopic (exact) mass is 442 g/mol. The Kier molecular flexibility index (Phi) is 8.09. The van der Waals surface area contributed by atoms with E-state index in [1.807, 2.05) is 42.6 Å². The van der Waals surface area contributed by atoms with Gasteiger partial charge in [-0.25, -0.2) is 0 Å². The Balaban J connectivity index is 1.19. The van der Waals surface area contributed by atoms with Gasteiger partial charge in [0.15, 0.2) is 0 Å². The van der Waals surface area contributed by atoms with Crippen molar-refractivity contribution in [3.05, 3.63) is 90.3 Å². The molecule has 1 amide bonds. The molecule has 0 bridgehead atoms. The summed E-state index contributed by atoms with van der Waals surface area (Å²) < 4.78 is 0. The van der Waals surface area contributed by atoms with Gasteiger partial charge in [0.2, 0.25) is 5.91 Å². The maximum atomic E-state index is 12.3. The second kappa shape index (κ2) is 11.6. The van der Waals surface area contributed by atoms with Gasteiger partial charge in [0.1, 0.15) is 0 Å². The third kappa shape index (κ3) is 7.16. The molecule has 1 aromatic heterocycles. The van der Waals surface area contributed by atoms with Crippen LogP contribution in [0, 0.1) is 0 Å². The van der Waals surface area contributed by atoms with Crippen molar-refractivity contribution in [2.24, 2.45) is 0 Å². The van der Waals surface area contributed by atoms with Crippen LogP contribution in [0.2, 0.25) is 0 Å². The fourth-order valence-electron chi connectivity index (χ4n) is 4.48. The molecular formula is C28H34N4O.